The summed E-state index contributed by atoms with van der Waals surface area (Å²) in [7, 11) is 0. The normalized spacial score (nSPS) is 19.1. The molecule has 1 aliphatic rings. The zero-order valence-corrected chi connectivity index (χ0v) is 16.5. The molecule has 2 atom stereocenters. The Bertz CT molecular complexity index is 646. The maximum absolute atomic E-state index is 13.1. The number of hydrogen-bond acceptors (Lipinski definition) is 2. The first kappa shape index (κ1) is 19.8. The smallest absolute Gasteiger partial charge is 0.123 e. The summed E-state index contributed by atoms with van der Waals surface area (Å²) in [6.45, 7) is 9.56. The van der Waals surface area contributed by atoms with Gasteiger partial charge in [-0.25, -0.2) is 4.39 Å². The van der Waals surface area contributed by atoms with E-state index in [1.165, 1.54) is 17.7 Å². The van der Waals surface area contributed by atoms with Crippen LogP contribution >= 0.6 is 12.2 Å². The van der Waals surface area contributed by atoms with Gasteiger partial charge in [0.2, 0.25) is 0 Å². The molecular weight excluding hydrogens is 331 g/mol. The second-order valence-electron chi connectivity index (χ2n) is 7.82. The summed E-state index contributed by atoms with van der Waals surface area (Å²) in [4.78, 5) is 5.34. The Morgan fingerprint density at radius 3 is 2.72 bits per heavy atom. The lowest BCUT2D eigenvalue weighted by Gasteiger charge is -2.30. The van der Waals surface area contributed by atoms with Crippen LogP contribution in [-0.2, 0) is 6.42 Å². The van der Waals surface area contributed by atoms with E-state index in [-0.39, 0.29) is 17.3 Å². The summed E-state index contributed by atoms with van der Waals surface area (Å²) in [6.07, 6.45) is 7.14. The monoisotopic (exact) mass is 360 g/mol. The Labute approximate surface area is 156 Å². The standard InChI is InChI=1S/C21H29FN2S/c1-15-9-10-23-14-18(11-15)12-16(2)20(25)24-21(3,4)13-17-5-7-19(22)8-6-17/h5-8,11,14-16H,9-10,12-13H2,1-4H3,(H,24,25)/t15?,16-/m1/s1. The van der Waals surface area contributed by atoms with Crippen LogP contribution in [0.4, 0.5) is 4.39 Å². The number of benzene rings is 1. The Morgan fingerprint density at radius 2 is 2.04 bits per heavy atom. The van der Waals surface area contributed by atoms with Crippen LogP contribution in [0.25, 0.3) is 0 Å². The number of nitrogens with one attached hydrogen (secondary N) is 1. The molecule has 136 valence electrons. The van der Waals surface area contributed by atoms with Crippen molar-refractivity contribution in [1.29, 1.82) is 0 Å². The molecule has 2 rings (SSSR count). The highest BCUT2D eigenvalue weighted by Crippen LogP contribution is 2.20. The fourth-order valence-electron chi connectivity index (χ4n) is 3.13. The van der Waals surface area contributed by atoms with Gasteiger partial charge in [0, 0.05) is 24.2 Å². The van der Waals surface area contributed by atoms with Crippen molar-refractivity contribution in [3.8, 4) is 0 Å². The summed E-state index contributed by atoms with van der Waals surface area (Å²) in [5.74, 6) is 0.623. The van der Waals surface area contributed by atoms with E-state index in [1.54, 1.807) is 0 Å². The molecule has 0 bridgehead atoms. The van der Waals surface area contributed by atoms with E-state index in [2.05, 4.69) is 44.1 Å². The lowest BCUT2D eigenvalue weighted by molar-refractivity contribution is 0.450. The van der Waals surface area contributed by atoms with Crippen LogP contribution in [0.5, 0.6) is 0 Å². The molecule has 0 saturated heterocycles. The SMILES string of the molecule is CC1C=C(C[C@@H](C)C(=S)NC(C)(C)Cc2ccc(F)cc2)C=NCC1. The summed E-state index contributed by atoms with van der Waals surface area (Å²) >= 11 is 5.65. The van der Waals surface area contributed by atoms with Gasteiger partial charge in [-0.15, -0.1) is 0 Å². The summed E-state index contributed by atoms with van der Waals surface area (Å²) in [5, 5.41) is 3.50. The van der Waals surface area contributed by atoms with E-state index in [1.807, 2.05) is 18.3 Å². The molecule has 4 heteroatoms. The van der Waals surface area contributed by atoms with Gasteiger partial charge in [0.25, 0.3) is 0 Å². The Kier molecular flexibility index (Phi) is 6.88. The number of halogens is 1. The first-order valence-electron chi connectivity index (χ1n) is 9.02. The van der Waals surface area contributed by atoms with Gasteiger partial charge in [0.1, 0.15) is 5.82 Å². The molecule has 2 nitrogen and oxygen atoms in total. The highest BCUT2D eigenvalue weighted by molar-refractivity contribution is 7.80. The quantitative estimate of drug-likeness (QED) is 0.712. The van der Waals surface area contributed by atoms with Crippen molar-refractivity contribution >= 4 is 23.4 Å². The van der Waals surface area contributed by atoms with Gasteiger partial charge in [0.15, 0.2) is 0 Å². The third-order valence-electron chi connectivity index (χ3n) is 4.48. The summed E-state index contributed by atoms with van der Waals surface area (Å²) in [6, 6.07) is 6.68. The van der Waals surface area contributed by atoms with Gasteiger partial charge >= 0.3 is 0 Å². The van der Waals surface area contributed by atoms with Gasteiger partial charge in [-0.2, -0.15) is 0 Å². The van der Waals surface area contributed by atoms with Crippen molar-refractivity contribution in [3.63, 3.8) is 0 Å². The van der Waals surface area contributed by atoms with Gasteiger partial charge < -0.3 is 5.32 Å². The van der Waals surface area contributed by atoms with Gasteiger partial charge in [-0.05, 0) is 62.3 Å². The van der Waals surface area contributed by atoms with Crippen molar-refractivity contribution in [1.82, 2.24) is 5.32 Å². The fourth-order valence-corrected chi connectivity index (χ4v) is 3.49. The van der Waals surface area contributed by atoms with Gasteiger partial charge in [-0.3, -0.25) is 4.99 Å². The molecule has 25 heavy (non-hydrogen) atoms. The number of nitrogens with zero attached hydrogens (tertiary/aromatic N) is 1. The number of aliphatic imine (C=N–C) groups is 1. The second kappa shape index (κ2) is 8.70. The van der Waals surface area contributed by atoms with Gasteiger partial charge in [-0.1, -0.05) is 44.3 Å². The van der Waals surface area contributed by atoms with E-state index in [0.29, 0.717) is 5.92 Å². The van der Waals surface area contributed by atoms with Gasteiger partial charge in [0.05, 0.1) is 4.99 Å². The molecule has 1 aliphatic heterocycles. The van der Waals surface area contributed by atoms with E-state index in [9.17, 15) is 4.39 Å². The minimum absolute atomic E-state index is 0.178. The van der Waals surface area contributed by atoms with Crippen molar-refractivity contribution in [2.45, 2.75) is 52.5 Å². The van der Waals surface area contributed by atoms with Crippen LogP contribution in [0, 0.1) is 17.7 Å². The molecule has 0 saturated carbocycles. The zero-order valence-electron chi connectivity index (χ0n) is 15.7. The number of rotatable bonds is 6. The number of allylic oxidation sites excluding steroid dienone is 2. The molecule has 1 aromatic carbocycles. The van der Waals surface area contributed by atoms with Crippen LogP contribution < -0.4 is 5.32 Å². The molecule has 0 aromatic heterocycles. The highest BCUT2D eigenvalue weighted by atomic mass is 32.1. The molecule has 1 N–H and O–H groups in total. The molecule has 0 radical (unpaired) electrons. The third kappa shape index (κ3) is 6.69. The lowest BCUT2D eigenvalue weighted by atomic mass is 9.93. The van der Waals surface area contributed by atoms with Crippen LogP contribution in [-0.4, -0.2) is 23.3 Å². The Balaban J connectivity index is 1.93. The first-order valence-corrected chi connectivity index (χ1v) is 9.43. The predicted octanol–water partition coefficient (Wildman–Crippen LogP) is 5.13. The third-order valence-corrected chi connectivity index (χ3v) is 4.98. The minimum Gasteiger partial charge on any atom is -0.374 e. The predicted molar refractivity (Wildman–Crippen MR) is 109 cm³/mol. The molecule has 0 aliphatic carbocycles. The minimum atomic E-state index is -0.203. The molecule has 0 spiro atoms. The summed E-state index contributed by atoms with van der Waals surface area (Å²) in [5.41, 5.74) is 2.20. The lowest BCUT2D eigenvalue weighted by Crippen LogP contribution is -2.46. The van der Waals surface area contributed by atoms with Crippen LogP contribution in [0.3, 0.4) is 0 Å². The van der Waals surface area contributed by atoms with Crippen LogP contribution in [0.15, 0.2) is 40.9 Å². The van der Waals surface area contributed by atoms with E-state index < -0.39 is 0 Å². The zero-order chi connectivity index (χ0) is 18.4. The van der Waals surface area contributed by atoms with Crippen molar-refractivity contribution in [2.24, 2.45) is 16.8 Å². The molecule has 0 fully saturated rings. The van der Waals surface area contributed by atoms with E-state index >= 15 is 0 Å². The van der Waals surface area contributed by atoms with E-state index in [4.69, 9.17) is 12.2 Å². The fraction of sp³-hybridized carbons (Fsp3) is 0.524. The molecule has 0 amide bonds. The average Bonchev–Trinajstić information content (AvgIpc) is 2.73. The van der Waals surface area contributed by atoms with Crippen molar-refractivity contribution in [3.05, 3.63) is 47.3 Å². The number of thiocarbonyl (C=S) groups is 1. The molecule has 1 unspecified atom stereocenters. The number of hydrogen-bond donors (Lipinski definition) is 1. The Hall–Kier alpha value is -1.55. The van der Waals surface area contributed by atoms with Crippen LogP contribution in [0.1, 0.15) is 46.1 Å². The highest BCUT2D eigenvalue weighted by Gasteiger charge is 2.22. The topological polar surface area (TPSA) is 24.4 Å². The molecular formula is C21H29FN2S. The Morgan fingerprint density at radius 1 is 1.36 bits per heavy atom. The average molecular weight is 361 g/mol. The van der Waals surface area contributed by atoms with Crippen molar-refractivity contribution < 1.29 is 4.39 Å². The maximum atomic E-state index is 13.1. The molecule has 1 heterocycles. The first-order chi connectivity index (χ1) is 11.7. The van der Waals surface area contributed by atoms with E-state index in [0.717, 1.165) is 36.4 Å². The summed E-state index contributed by atoms with van der Waals surface area (Å²) < 4.78 is 13.1. The second-order valence-corrected chi connectivity index (χ2v) is 8.26. The largest absolute Gasteiger partial charge is 0.374 e. The molecule has 1 aromatic rings. The van der Waals surface area contributed by atoms with Crippen molar-refractivity contribution in [2.75, 3.05) is 6.54 Å². The maximum Gasteiger partial charge on any atom is 0.123 e. The van der Waals surface area contributed by atoms with Crippen LogP contribution in [0.2, 0.25) is 0 Å².